The fraction of sp³-hybridized carbons (Fsp3) is 0.500. The number of hydrogen-bond acceptors (Lipinski definition) is 6. The summed E-state index contributed by atoms with van der Waals surface area (Å²) in [5.74, 6) is 2.05. The Morgan fingerprint density at radius 3 is 2.96 bits per heavy atom. The zero-order valence-corrected chi connectivity index (χ0v) is 14.0. The molecular weight excluding hydrogens is 320 g/mol. The smallest absolute Gasteiger partial charge is 0.414 e. The van der Waals surface area contributed by atoms with Gasteiger partial charge in [-0.1, -0.05) is 17.3 Å². The van der Waals surface area contributed by atoms with Gasteiger partial charge in [-0.2, -0.15) is 4.98 Å². The molecule has 130 valence electrons. The van der Waals surface area contributed by atoms with Gasteiger partial charge in [-0.25, -0.2) is 4.79 Å². The van der Waals surface area contributed by atoms with Crippen molar-refractivity contribution >= 4 is 11.8 Å². The van der Waals surface area contributed by atoms with Crippen molar-refractivity contribution in [2.45, 2.75) is 38.3 Å². The predicted molar refractivity (Wildman–Crippen MR) is 89.2 cm³/mol. The van der Waals surface area contributed by atoms with Crippen LogP contribution in [-0.4, -0.2) is 40.8 Å². The molecule has 7 heteroatoms. The molecule has 2 aromatic rings. The Morgan fingerprint density at radius 2 is 2.16 bits per heavy atom. The van der Waals surface area contributed by atoms with Gasteiger partial charge in [0.05, 0.1) is 18.8 Å². The normalized spacial score (nSPS) is 20.6. The first kappa shape index (κ1) is 14.9. The van der Waals surface area contributed by atoms with Crippen LogP contribution in [0.1, 0.15) is 41.6 Å². The zero-order chi connectivity index (χ0) is 16.8. The Labute approximate surface area is 145 Å². The van der Waals surface area contributed by atoms with Crippen molar-refractivity contribution in [3.8, 4) is 0 Å². The molecule has 1 aromatic carbocycles. The maximum Gasteiger partial charge on any atom is 0.414 e. The summed E-state index contributed by atoms with van der Waals surface area (Å²) in [6.07, 6.45) is 3.00. The second-order valence-corrected chi connectivity index (χ2v) is 6.96. The molecule has 3 aliphatic rings. The lowest BCUT2D eigenvalue weighted by Gasteiger charge is -2.30. The second-order valence-electron chi connectivity index (χ2n) is 6.96. The summed E-state index contributed by atoms with van der Waals surface area (Å²) >= 11 is 0. The van der Waals surface area contributed by atoms with Crippen molar-refractivity contribution in [3.05, 3.63) is 41.0 Å². The molecule has 2 fully saturated rings. The standard InChI is InChI=1S/C18H20N4O3/c23-18-22(8-9-24-18)15-3-1-2-13-10-21(7-6-14(13)15)11-16-19-17(25-20-16)12-4-5-12/h1-3,12H,4-11H2. The number of carbonyl (C=O) groups excluding carboxylic acids is 1. The molecule has 0 N–H and O–H groups in total. The van der Waals surface area contributed by atoms with Gasteiger partial charge < -0.3 is 9.26 Å². The largest absolute Gasteiger partial charge is 0.447 e. The van der Waals surface area contributed by atoms with Crippen LogP contribution in [0.5, 0.6) is 0 Å². The van der Waals surface area contributed by atoms with Crippen LogP contribution < -0.4 is 4.90 Å². The van der Waals surface area contributed by atoms with E-state index in [2.05, 4.69) is 21.1 Å². The molecular formula is C18H20N4O3. The molecule has 0 unspecified atom stereocenters. The van der Waals surface area contributed by atoms with Gasteiger partial charge in [0.15, 0.2) is 5.82 Å². The number of cyclic esters (lactones) is 1. The fourth-order valence-corrected chi connectivity index (χ4v) is 3.68. The highest BCUT2D eigenvalue weighted by Crippen LogP contribution is 2.39. The van der Waals surface area contributed by atoms with Crippen molar-refractivity contribution in [3.63, 3.8) is 0 Å². The highest BCUT2D eigenvalue weighted by atomic mass is 16.6. The number of ether oxygens (including phenoxy) is 1. The minimum absolute atomic E-state index is 0.241. The SMILES string of the molecule is O=C1OCCN1c1cccc2c1CCN(Cc1noc(C3CC3)n1)C2. The third kappa shape index (κ3) is 2.78. The Kier molecular flexibility index (Phi) is 3.48. The average molecular weight is 340 g/mol. The zero-order valence-electron chi connectivity index (χ0n) is 14.0. The molecule has 1 aliphatic carbocycles. The van der Waals surface area contributed by atoms with E-state index in [1.54, 1.807) is 4.90 Å². The van der Waals surface area contributed by atoms with E-state index in [0.29, 0.717) is 25.6 Å². The number of benzene rings is 1. The molecule has 1 aromatic heterocycles. The number of rotatable bonds is 4. The molecule has 7 nitrogen and oxygen atoms in total. The first-order chi connectivity index (χ1) is 12.3. The van der Waals surface area contributed by atoms with Crippen LogP contribution in [-0.2, 0) is 24.2 Å². The number of amides is 1. The quantitative estimate of drug-likeness (QED) is 0.851. The first-order valence-electron chi connectivity index (χ1n) is 8.88. The molecule has 0 radical (unpaired) electrons. The molecule has 1 saturated carbocycles. The van der Waals surface area contributed by atoms with Gasteiger partial charge in [-0.3, -0.25) is 9.80 Å². The predicted octanol–water partition coefficient (Wildman–Crippen LogP) is 2.46. The number of hydrogen-bond donors (Lipinski definition) is 0. The fourth-order valence-electron chi connectivity index (χ4n) is 3.68. The van der Waals surface area contributed by atoms with Gasteiger partial charge in [0.25, 0.3) is 0 Å². The molecule has 2 aliphatic heterocycles. The topological polar surface area (TPSA) is 71.7 Å². The molecule has 1 saturated heterocycles. The molecule has 0 bridgehead atoms. The maximum atomic E-state index is 11.9. The lowest BCUT2D eigenvalue weighted by atomic mass is 9.97. The van der Waals surface area contributed by atoms with Crippen molar-refractivity contribution < 1.29 is 14.1 Å². The van der Waals surface area contributed by atoms with E-state index in [1.165, 1.54) is 24.0 Å². The third-order valence-corrected chi connectivity index (χ3v) is 5.15. The lowest BCUT2D eigenvalue weighted by molar-refractivity contribution is 0.181. The van der Waals surface area contributed by atoms with E-state index in [9.17, 15) is 4.79 Å². The van der Waals surface area contributed by atoms with E-state index in [1.807, 2.05) is 12.1 Å². The minimum Gasteiger partial charge on any atom is -0.447 e. The van der Waals surface area contributed by atoms with E-state index in [4.69, 9.17) is 9.26 Å². The van der Waals surface area contributed by atoms with Crippen LogP contribution in [0.3, 0.4) is 0 Å². The number of anilines is 1. The number of carbonyl (C=O) groups is 1. The Balaban J connectivity index is 1.33. The third-order valence-electron chi connectivity index (χ3n) is 5.15. The van der Waals surface area contributed by atoms with Gasteiger partial charge in [0.1, 0.15) is 6.61 Å². The van der Waals surface area contributed by atoms with Crippen LogP contribution in [0.4, 0.5) is 10.5 Å². The van der Waals surface area contributed by atoms with Crippen molar-refractivity contribution in [1.82, 2.24) is 15.0 Å². The molecule has 3 heterocycles. The van der Waals surface area contributed by atoms with Crippen molar-refractivity contribution in [2.75, 3.05) is 24.6 Å². The summed E-state index contributed by atoms with van der Waals surface area (Å²) in [5, 5.41) is 4.12. The van der Waals surface area contributed by atoms with Crippen LogP contribution in [0, 0.1) is 0 Å². The summed E-state index contributed by atoms with van der Waals surface area (Å²) in [6.45, 7) is 3.55. The summed E-state index contributed by atoms with van der Waals surface area (Å²) in [4.78, 5) is 20.5. The second kappa shape index (κ2) is 5.84. The van der Waals surface area contributed by atoms with E-state index < -0.39 is 0 Å². The van der Waals surface area contributed by atoms with E-state index in [0.717, 1.165) is 36.9 Å². The lowest BCUT2D eigenvalue weighted by Crippen LogP contribution is -2.33. The van der Waals surface area contributed by atoms with Crippen LogP contribution in [0.2, 0.25) is 0 Å². The highest BCUT2D eigenvalue weighted by molar-refractivity contribution is 5.90. The number of nitrogens with zero attached hydrogens (tertiary/aromatic N) is 4. The van der Waals surface area contributed by atoms with Gasteiger partial charge in [-0.05, 0) is 36.5 Å². The minimum atomic E-state index is -0.241. The maximum absolute atomic E-state index is 11.9. The summed E-state index contributed by atoms with van der Waals surface area (Å²) in [5.41, 5.74) is 3.51. The monoisotopic (exact) mass is 340 g/mol. The van der Waals surface area contributed by atoms with Crippen molar-refractivity contribution in [1.29, 1.82) is 0 Å². The number of fused-ring (bicyclic) bond motifs is 1. The van der Waals surface area contributed by atoms with E-state index >= 15 is 0 Å². The Hall–Kier alpha value is -2.41. The van der Waals surface area contributed by atoms with Gasteiger partial charge in [0, 0.05) is 19.0 Å². The Bertz CT molecular complexity index is 814. The summed E-state index contributed by atoms with van der Waals surface area (Å²) in [7, 11) is 0. The first-order valence-corrected chi connectivity index (χ1v) is 8.88. The molecule has 5 rings (SSSR count). The van der Waals surface area contributed by atoms with Crippen LogP contribution in [0.25, 0.3) is 0 Å². The van der Waals surface area contributed by atoms with Gasteiger partial charge in [0.2, 0.25) is 5.89 Å². The summed E-state index contributed by atoms with van der Waals surface area (Å²) < 4.78 is 10.4. The average Bonchev–Trinajstić information content (AvgIpc) is 3.23. The van der Waals surface area contributed by atoms with E-state index in [-0.39, 0.29) is 6.09 Å². The van der Waals surface area contributed by atoms with Gasteiger partial charge >= 0.3 is 6.09 Å². The molecule has 1 amide bonds. The number of aromatic nitrogens is 2. The highest BCUT2D eigenvalue weighted by Gasteiger charge is 2.31. The van der Waals surface area contributed by atoms with Crippen LogP contribution >= 0.6 is 0 Å². The summed E-state index contributed by atoms with van der Waals surface area (Å²) in [6, 6.07) is 6.17. The van der Waals surface area contributed by atoms with Crippen molar-refractivity contribution in [2.24, 2.45) is 0 Å². The molecule has 0 spiro atoms. The molecule has 25 heavy (non-hydrogen) atoms. The van der Waals surface area contributed by atoms with Crippen LogP contribution in [0.15, 0.2) is 22.7 Å². The molecule has 0 atom stereocenters. The van der Waals surface area contributed by atoms with Gasteiger partial charge in [-0.15, -0.1) is 0 Å². The Morgan fingerprint density at radius 1 is 1.24 bits per heavy atom.